The van der Waals surface area contributed by atoms with Crippen LogP contribution >= 0.6 is 0 Å². The Hall–Kier alpha value is -1.03. The van der Waals surface area contributed by atoms with Gasteiger partial charge in [0.2, 0.25) is 0 Å². The van der Waals surface area contributed by atoms with Crippen molar-refractivity contribution in [2.24, 2.45) is 5.73 Å². The molecule has 0 saturated carbocycles. The number of aliphatic hydroxyl groups is 1. The lowest BCUT2D eigenvalue weighted by molar-refractivity contribution is -0.132. The minimum atomic E-state index is -1.02. The third kappa shape index (κ3) is 3.09. The lowest BCUT2D eigenvalue weighted by atomic mass is 10.1. The Balaban J connectivity index is 3.74. The highest BCUT2D eigenvalue weighted by Crippen LogP contribution is 2.01. The summed E-state index contributed by atoms with van der Waals surface area (Å²) in [6.45, 7) is -0.00931. The molecule has 0 amide bonds. The maximum atomic E-state index is 10.2. The molecule has 0 heterocycles. The molecule has 0 fully saturated rings. The molecule has 0 rings (SSSR count). The zero-order chi connectivity index (χ0) is 7.98. The van der Waals surface area contributed by atoms with E-state index in [2.05, 4.69) is 0 Å². The van der Waals surface area contributed by atoms with Crippen molar-refractivity contribution >= 4 is 5.97 Å². The predicted octanol–water partition coefficient (Wildman–Crippen LogP) is -0.314. The van der Waals surface area contributed by atoms with Gasteiger partial charge in [0, 0.05) is 12.8 Å². The van der Waals surface area contributed by atoms with Gasteiger partial charge in [0.1, 0.15) is 0 Å². The predicted molar refractivity (Wildman–Crippen MR) is 36.2 cm³/mol. The van der Waals surface area contributed by atoms with Gasteiger partial charge in [0.25, 0.3) is 0 Å². The second-order valence-electron chi connectivity index (χ2n) is 1.82. The number of nitrogens with two attached hydrogens (primary N) is 1. The van der Waals surface area contributed by atoms with E-state index in [9.17, 15) is 4.79 Å². The van der Waals surface area contributed by atoms with Gasteiger partial charge in [0.05, 0.1) is 5.57 Å². The zero-order valence-corrected chi connectivity index (χ0v) is 5.58. The molecule has 10 heavy (non-hydrogen) atoms. The summed E-state index contributed by atoms with van der Waals surface area (Å²) < 4.78 is 0. The molecular weight excluding hydrogens is 134 g/mol. The molecule has 0 radical (unpaired) electrons. The summed E-state index contributed by atoms with van der Waals surface area (Å²) in [6.07, 6.45) is 1.82. The van der Waals surface area contributed by atoms with Gasteiger partial charge in [-0.15, -0.1) is 0 Å². The molecule has 0 saturated heterocycles. The van der Waals surface area contributed by atoms with E-state index in [1.54, 1.807) is 0 Å². The van der Waals surface area contributed by atoms with E-state index in [-0.39, 0.29) is 12.2 Å². The van der Waals surface area contributed by atoms with Crippen LogP contribution in [0, 0.1) is 0 Å². The number of rotatable bonds is 4. The smallest absolute Gasteiger partial charge is 0.333 e. The van der Waals surface area contributed by atoms with Crippen molar-refractivity contribution in [1.82, 2.24) is 0 Å². The standard InChI is InChI=1S/C6H11NO3/c7-4-5(6(9)10)2-1-3-8/h4,8H,1-3,7H2,(H,9,10). The Labute approximate surface area is 59.0 Å². The first-order chi connectivity index (χ1) is 4.72. The van der Waals surface area contributed by atoms with Gasteiger partial charge in [-0.1, -0.05) is 0 Å². The number of hydrogen-bond acceptors (Lipinski definition) is 3. The highest BCUT2D eigenvalue weighted by molar-refractivity contribution is 5.86. The molecule has 0 aliphatic rings. The molecule has 4 nitrogen and oxygen atoms in total. The number of carbonyl (C=O) groups is 1. The number of carboxylic acid groups (broad SMARTS) is 1. The lowest BCUT2D eigenvalue weighted by Gasteiger charge is -1.96. The van der Waals surface area contributed by atoms with E-state index in [1.165, 1.54) is 0 Å². The SMILES string of the molecule is NC=C(CCCO)C(=O)O. The van der Waals surface area contributed by atoms with Crippen LogP contribution in [0.25, 0.3) is 0 Å². The summed E-state index contributed by atoms with van der Waals surface area (Å²) in [6, 6.07) is 0. The molecule has 0 aromatic heterocycles. The summed E-state index contributed by atoms with van der Waals surface area (Å²) in [5.41, 5.74) is 5.14. The van der Waals surface area contributed by atoms with E-state index < -0.39 is 5.97 Å². The molecular formula is C6H11NO3. The first kappa shape index (κ1) is 8.97. The summed E-state index contributed by atoms with van der Waals surface area (Å²) in [5.74, 6) is -1.02. The molecule has 0 bridgehead atoms. The summed E-state index contributed by atoms with van der Waals surface area (Å²) in [4.78, 5) is 10.2. The number of aliphatic carboxylic acids is 1. The summed E-state index contributed by atoms with van der Waals surface area (Å²) in [7, 11) is 0. The minimum Gasteiger partial charge on any atom is -0.478 e. The van der Waals surface area contributed by atoms with Crippen LogP contribution in [0.15, 0.2) is 11.8 Å². The van der Waals surface area contributed by atoms with Crippen LogP contribution in [0.1, 0.15) is 12.8 Å². The average molecular weight is 145 g/mol. The van der Waals surface area contributed by atoms with E-state index in [1.807, 2.05) is 0 Å². The molecule has 0 aromatic rings. The first-order valence-electron chi connectivity index (χ1n) is 2.97. The fourth-order valence-electron chi connectivity index (χ4n) is 0.531. The second kappa shape index (κ2) is 4.81. The van der Waals surface area contributed by atoms with Gasteiger partial charge in [0.15, 0.2) is 0 Å². The van der Waals surface area contributed by atoms with Gasteiger partial charge in [-0.2, -0.15) is 0 Å². The Kier molecular flexibility index (Phi) is 4.32. The van der Waals surface area contributed by atoms with Crippen molar-refractivity contribution in [1.29, 1.82) is 0 Å². The Morgan fingerprint density at radius 1 is 1.60 bits per heavy atom. The Morgan fingerprint density at radius 3 is 2.50 bits per heavy atom. The lowest BCUT2D eigenvalue weighted by Crippen LogP contribution is -2.03. The number of carboxylic acids is 1. The summed E-state index contributed by atoms with van der Waals surface area (Å²) in [5, 5.41) is 16.7. The third-order valence-corrected chi connectivity index (χ3v) is 1.08. The molecule has 4 heteroatoms. The van der Waals surface area contributed by atoms with Crippen LogP contribution in [0.4, 0.5) is 0 Å². The maximum Gasteiger partial charge on any atom is 0.333 e. The molecule has 0 spiro atoms. The van der Waals surface area contributed by atoms with Gasteiger partial charge in [-0.05, 0) is 12.8 Å². The van der Waals surface area contributed by atoms with Crippen molar-refractivity contribution in [3.05, 3.63) is 11.8 Å². The normalized spacial score (nSPS) is 11.5. The summed E-state index contributed by atoms with van der Waals surface area (Å²) >= 11 is 0. The van der Waals surface area contributed by atoms with E-state index in [4.69, 9.17) is 15.9 Å². The van der Waals surface area contributed by atoms with Crippen LogP contribution in [0.3, 0.4) is 0 Å². The number of hydrogen-bond donors (Lipinski definition) is 3. The zero-order valence-electron chi connectivity index (χ0n) is 5.58. The Morgan fingerprint density at radius 2 is 2.20 bits per heavy atom. The van der Waals surface area contributed by atoms with Gasteiger partial charge < -0.3 is 15.9 Å². The molecule has 0 aliphatic carbocycles. The van der Waals surface area contributed by atoms with Gasteiger partial charge >= 0.3 is 5.97 Å². The molecule has 0 aromatic carbocycles. The monoisotopic (exact) mass is 145 g/mol. The third-order valence-electron chi connectivity index (χ3n) is 1.08. The second-order valence-corrected chi connectivity index (χ2v) is 1.82. The minimum absolute atomic E-state index is 0.00931. The molecule has 4 N–H and O–H groups in total. The molecule has 0 aliphatic heterocycles. The largest absolute Gasteiger partial charge is 0.478 e. The van der Waals surface area contributed by atoms with E-state index in [0.717, 1.165) is 6.20 Å². The maximum absolute atomic E-state index is 10.2. The quantitative estimate of drug-likeness (QED) is 0.473. The fraction of sp³-hybridized carbons (Fsp3) is 0.500. The van der Waals surface area contributed by atoms with Crippen molar-refractivity contribution in [2.45, 2.75) is 12.8 Å². The van der Waals surface area contributed by atoms with Crippen molar-refractivity contribution < 1.29 is 15.0 Å². The van der Waals surface area contributed by atoms with Crippen LogP contribution in [0.5, 0.6) is 0 Å². The van der Waals surface area contributed by atoms with Gasteiger partial charge in [-0.25, -0.2) is 4.79 Å². The van der Waals surface area contributed by atoms with Gasteiger partial charge in [-0.3, -0.25) is 0 Å². The van der Waals surface area contributed by atoms with Crippen molar-refractivity contribution in [3.63, 3.8) is 0 Å². The van der Waals surface area contributed by atoms with Crippen LogP contribution in [0.2, 0.25) is 0 Å². The first-order valence-corrected chi connectivity index (χ1v) is 2.97. The topological polar surface area (TPSA) is 83.5 Å². The highest BCUT2D eigenvalue weighted by atomic mass is 16.4. The van der Waals surface area contributed by atoms with Crippen LogP contribution in [-0.4, -0.2) is 22.8 Å². The molecule has 0 atom stereocenters. The van der Waals surface area contributed by atoms with E-state index >= 15 is 0 Å². The van der Waals surface area contributed by atoms with Crippen LogP contribution in [-0.2, 0) is 4.79 Å². The average Bonchev–Trinajstić information content (AvgIpc) is 1.89. The van der Waals surface area contributed by atoms with E-state index in [0.29, 0.717) is 12.8 Å². The van der Waals surface area contributed by atoms with Crippen LogP contribution < -0.4 is 5.73 Å². The fourth-order valence-corrected chi connectivity index (χ4v) is 0.531. The molecule has 0 unspecified atom stereocenters. The van der Waals surface area contributed by atoms with Crippen molar-refractivity contribution in [2.75, 3.05) is 6.61 Å². The highest BCUT2D eigenvalue weighted by Gasteiger charge is 2.04. The number of aliphatic hydroxyl groups excluding tert-OH is 1. The van der Waals surface area contributed by atoms with Crippen molar-refractivity contribution in [3.8, 4) is 0 Å². The Bertz CT molecular complexity index is 142. The molecule has 58 valence electrons.